The molecule has 0 spiro atoms. The van der Waals surface area contributed by atoms with Crippen LogP contribution in [-0.4, -0.2) is 36.7 Å². The van der Waals surface area contributed by atoms with E-state index in [0.717, 1.165) is 50.0 Å². The van der Waals surface area contributed by atoms with Gasteiger partial charge in [-0.1, -0.05) is 37.5 Å². The molecule has 6 heteroatoms. The number of nitrogens with one attached hydrogen (secondary N) is 3. The first-order valence-corrected chi connectivity index (χ1v) is 9.64. The molecule has 3 N–H and O–H groups in total. The molecule has 1 aromatic rings. The van der Waals surface area contributed by atoms with E-state index in [4.69, 9.17) is 4.74 Å². The molecule has 1 aliphatic heterocycles. The average molecular weight is 359 g/mol. The summed E-state index contributed by atoms with van der Waals surface area (Å²) < 4.78 is 5.58. The van der Waals surface area contributed by atoms with E-state index in [0.29, 0.717) is 19.4 Å². The molecule has 1 aliphatic carbocycles. The van der Waals surface area contributed by atoms with Gasteiger partial charge in [-0.05, 0) is 44.2 Å². The van der Waals surface area contributed by atoms with E-state index in [2.05, 4.69) is 16.0 Å². The highest BCUT2D eigenvalue weighted by atomic mass is 16.5. The van der Waals surface area contributed by atoms with Crippen LogP contribution in [0.4, 0.5) is 10.5 Å². The first-order valence-electron chi connectivity index (χ1n) is 9.64. The SMILES string of the molecule is Cc1ccccc1NC(=O)NC1(C(=O)NC[C@H]2CCCO2)CCCCC1. The maximum absolute atomic E-state index is 12.9. The lowest BCUT2D eigenvalue weighted by Gasteiger charge is -2.36. The van der Waals surface area contributed by atoms with Gasteiger partial charge in [0.1, 0.15) is 5.54 Å². The van der Waals surface area contributed by atoms with E-state index in [1.165, 1.54) is 0 Å². The molecule has 1 heterocycles. The summed E-state index contributed by atoms with van der Waals surface area (Å²) in [6, 6.07) is 7.29. The third kappa shape index (κ3) is 4.55. The minimum Gasteiger partial charge on any atom is -0.376 e. The van der Waals surface area contributed by atoms with Gasteiger partial charge >= 0.3 is 6.03 Å². The van der Waals surface area contributed by atoms with Crippen molar-refractivity contribution in [3.8, 4) is 0 Å². The maximum atomic E-state index is 12.9. The number of amides is 3. The molecule has 142 valence electrons. The van der Waals surface area contributed by atoms with Crippen LogP contribution in [-0.2, 0) is 9.53 Å². The zero-order valence-electron chi connectivity index (χ0n) is 15.5. The van der Waals surface area contributed by atoms with Gasteiger partial charge in [-0.25, -0.2) is 4.79 Å². The summed E-state index contributed by atoms with van der Waals surface area (Å²) in [4.78, 5) is 25.5. The number of carbonyl (C=O) groups excluding carboxylic acids is 2. The minimum atomic E-state index is -0.830. The smallest absolute Gasteiger partial charge is 0.320 e. The third-order valence-corrected chi connectivity index (χ3v) is 5.40. The molecule has 1 saturated heterocycles. The second-order valence-corrected chi connectivity index (χ2v) is 7.38. The van der Waals surface area contributed by atoms with Crippen LogP contribution < -0.4 is 16.0 Å². The van der Waals surface area contributed by atoms with Crippen molar-refractivity contribution in [2.75, 3.05) is 18.5 Å². The van der Waals surface area contributed by atoms with Crippen LogP contribution in [0, 0.1) is 6.92 Å². The summed E-state index contributed by atoms with van der Waals surface area (Å²) >= 11 is 0. The van der Waals surface area contributed by atoms with Crippen molar-refractivity contribution in [2.24, 2.45) is 0 Å². The Balaban J connectivity index is 1.63. The number of urea groups is 1. The number of hydrogen-bond acceptors (Lipinski definition) is 3. The van der Waals surface area contributed by atoms with Crippen molar-refractivity contribution in [2.45, 2.75) is 63.5 Å². The number of carbonyl (C=O) groups is 2. The Morgan fingerprint density at radius 1 is 1.15 bits per heavy atom. The number of ether oxygens (including phenoxy) is 1. The fourth-order valence-electron chi connectivity index (χ4n) is 3.83. The van der Waals surface area contributed by atoms with Crippen LogP contribution in [0.25, 0.3) is 0 Å². The first kappa shape index (κ1) is 18.7. The zero-order valence-corrected chi connectivity index (χ0v) is 15.5. The standard InChI is InChI=1S/C20H29N3O3/c1-15-8-3-4-10-17(15)22-19(25)23-20(11-5-2-6-12-20)18(24)21-14-16-9-7-13-26-16/h3-4,8,10,16H,2,5-7,9,11-14H2,1H3,(H,21,24)(H2,22,23,25)/t16-/m1/s1. The highest BCUT2D eigenvalue weighted by Crippen LogP contribution is 2.29. The van der Waals surface area contributed by atoms with Crippen molar-refractivity contribution < 1.29 is 14.3 Å². The van der Waals surface area contributed by atoms with Crippen molar-refractivity contribution in [1.82, 2.24) is 10.6 Å². The number of anilines is 1. The lowest BCUT2D eigenvalue weighted by molar-refractivity contribution is -0.129. The predicted molar refractivity (Wildman–Crippen MR) is 101 cm³/mol. The molecule has 2 fully saturated rings. The van der Waals surface area contributed by atoms with Gasteiger partial charge in [0.25, 0.3) is 0 Å². The topological polar surface area (TPSA) is 79.5 Å². The molecule has 0 radical (unpaired) electrons. The second-order valence-electron chi connectivity index (χ2n) is 7.38. The number of rotatable bonds is 5. The van der Waals surface area contributed by atoms with E-state index >= 15 is 0 Å². The largest absolute Gasteiger partial charge is 0.376 e. The van der Waals surface area contributed by atoms with Crippen molar-refractivity contribution >= 4 is 17.6 Å². The van der Waals surface area contributed by atoms with Crippen LogP contribution >= 0.6 is 0 Å². The van der Waals surface area contributed by atoms with E-state index in [1.807, 2.05) is 31.2 Å². The Bertz CT molecular complexity index is 635. The van der Waals surface area contributed by atoms with E-state index in [1.54, 1.807) is 0 Å². The van der Waals surface area contributed by atoms with Crippen molar-refractivity contribution in [3.05, 3.63) is 29.8 Å². The summed E-state index contributed by atoms with van der Waals surface area (Å²) in [5, 5.41) is 8.87. The second kappa shape index (κ2) is 8.54. The molecule has 1 aromatic carbocycles. The number of aryl methyl sites for hydroxylation is 1. The van der Waals surface area contributed by atoms with Gasteiger partial charge in [0, 0.05) is 18.8 Å². The van der Waals surface area contributed by atoms with Gasteiger partial charge < -0.3 is 20.7 Å². The molecule has 2 aliphatic rings. The van der Waals surface area contributed by atoms with Gasteiger partial charge in [0.05, 0.1) is 6.10 Å². The molecule has 0 unspecified atom stereocenters. The van der Waals surface area contributed by atoms with Crippen LogP contribution in [0.1, 0.15) is 50.5 Å². The molecule has 26 heavy (non-hydrogen) atoms. The van der Waals surface area contributed by atoms with Crippen molar-refractivity contribution in [1.29, 1.82) is 0 Å². The lowest BCUT2D eigenvalue weighted by Crippen LogP contribution is -2.61. The molecule has 1 saturated carbocycles. The lowest BCUT2D eigenvalue weighted by atomic mass is 9.81. The van der Waals surface area contributed by atoms with Crippen LogP contribution in [0.3, 0.4) is 0 Å². The Kier molecular flexibility index (Phi) is 6.14. The summed E-state index contributed by atoms with van der Waals surface area (Å²) in [7, 11) is 0. The third-order valence-electron chi connectivity index (χ3n) is 5.40. The van der Waals surface area contributed by atoms with Gasteiger partial charge in [0.2, 0.25) is 5.91 Å². The Morgan fingerprint density at radius 3 is 2.62 bits per heavy atom. The van der Waals surface area contributed by atoms with Crippen LogP contribution in [0.5, 0.6) is 0 Å². The quantitative estimate of drug-likeness (QED) is 0.756. The molecular weight excluding hydrogens is 330 g/mol. The van der Waals surface area contributed by atoms with Gasteiger partial charge in [0.15, 0.2) is 0 Å². The van der Waals surface area contributed by atoms with Crippen LogP contribution in [0.15, 0.2) is 24.3 Å². The minimum absolute atomic E-state index is 0.0902. The number of benzene rings is 1. The Labute approximate surface area is 155 Å². The van der Waals surface area contributed by atoms with Gasteiger partial charge in [-0.15, -0.1) is 0 Å². The predicted octanol–water partition coefficient (Wildman–Crippen LogP) is 3.11. The maximum Gasteiger partial charge on any atom is 0.320 e. The normalized spacial score (nSPS) is 21.8. The summed E-state index contributed by atoms with van der Waals surface area (Å²) in [5.41, 5.74) is 0.919. The van der Waals surface area contributed by atoms with E-state index in [9.17, 15) is 9.59 Å². The van der Waals surface area contributed by atoms with Gasteiger partial charge in [-0.3, -0.25) is 4.79 Å². The summed E-state index contributed by atoms with van der Waals surface area (Å²) in [5.74, 6) is -0.0902. The molecule has 3 amide bonds. The zero-order chi connectivity index (χ0) is 18.4. The molecular formula is C20H29N3O3. The highest BCUT2D eigenvalue weighted by molar-refractivity contribution is 5.96. The molecule has 3 rings (SSSR count). The monoisotopic (exact) mass is 359 g/mol. The summed E-state index contributed by atoms with van der Waals surface area (Å²) in [6.07, 6.45) is 6.45. The summed E-state index contributed by atoms with van der Waals surface area (Å²) in [6.45, 7) is 3.23. The Morgan fingerprint density at radius 2 is 1.92 bits per heavy atom. The number of para-hydroxylation sites is 1. The Hall–Kier alpha value is -2.08. The first-order chi connectivity index (χ1) is 12.6. The molecule has 6 nitrogen and oxygen atoms in total. The molecule has 0 aromatic heterocycles. The fourth-order valence-corrected chi connectivity index (χ4v) is 3.83. The van der Waals surface area contributed by atoms with E-state index in [-0.39, 0.29) is 18.0 Å². The molecule has 0 bridgehead atoms. The average Bonchev–Trinajstić information content (AvgIpc) is 3.16. The fraction of sp³-hybridized carbons (Fsp3) is 0.600. The van der Waals surface area contributed by atoms with Crippen molar-refractivity contribution in [3.63, 3.8) is 0 Å². The van der Waals surface area contributed by atoms with Crippen LogP contribution in [0.2, 0.25) is 0 Å². The highest BCUT2D eigenvalue weighted by Gasteiger charge is 2.41. The van der Waals surface area contributed by atoms with Gasteiger partial charge in [-0.2, -0.15) is 0 Å². The van der Waals surface area contributed by atoms with E-state index < -0.39 is 5.54 Å². The molecule has 1 atom stereocenters. The number of hydrogen-bond donors (Lipinski definition) is 3.